The summed E-state index contributed by atoms with van der Waals surface area (Å²) in [5.41, 5.74) is 1.24. The van der Waals surface area contributed by atoms with E-state index < -0.39 is 15.8 Å². The molecule has 31 heavy (non-hydrogen) atoms. The summed E-state index contributed by atoms with van der Waals surface area (Å²) in [6, 6.07) is 20.9. The number of likely N-dealkylation sites (N-methyl/N-ethyl adjacent to an activating group) is 1. The van der Waals surface area contributed by atoms with Crippen molar-refractivity contribution in [2.24, 2.45) is 0 Å². The van der Waals surface area contributed by atoms with Crippen molar-refractivity contribution in [1.29, 1.82) is 0 Å². The normalized spacial score (nSPS) is 12.1. The number of hydrogen-bond acceptors (Lipinski definition) is 4. The minimum Gasteiger partial charge on any atom is -0.370 e. The van der Waals surface area contributed by atoms with Gasteiger partial charge in [0.2, 0.25) is 0 Å². The quantitative estimate of drug-likeness (QED) is 0.556. The third-order valence-electron chi connectivity index (χ3n) is 4.93. The molecule has 2 N–H and O–H groups in total. The van der Waals surface area contributed by atoms with Crippen molar-refractivity contribution in [3.63, 3.8) is 0 Å². The van der Waals surface area contributed by atoms with E-state index >= 15 is 0 Å². The summed E-state index contributed by atoms with van der Waals surface area (Å²) in [5, 5.41) is 2.86. The Hall–Kier alpha value is -3.39. The molecular formula is C23H24FN3O3S. The highest BCUT2D eigenvalue weighted by Gasteiger charge is 2.17. The van der Waals surface area contributed by atoms with Crippen LogP contribution >= 0.6 is 0 Å². The molecule has 0 saturated heterocycles. The molecule has 0 heterocycles. The van der Waals surface area contributed by atoms with Gasteiger partial charge in [0.15, 0.2) is 0 Å². The van der Waals surface area contributed by atoms with Crippen molar-refractivity contribution in [2.45, 2.75) is 17.9 Å². The lowest BCUT2D eigenvalue weighted by Crippen LogP contribution is -2.40. The lowest BCUT2D eigenvalue weighted by atomic mass is 10.2. The topological polar surface area (TPSA) is 78.5 Å². The summed E-state index contributed by atoms with van der Waals surface area (Å²) < 4.78 is 40.9. The zero-order chi connectivity index (χ0) is 22.4. The molecule has 162 valence electrons. The van der Waals surface area contributed by atoms with Crippen LogP contribution in [0.4, 0.5) is 15.8 Å². The van der Waals surface area contributed by atoms with Crippen LogP contribution in [-0.4, -0.2) is 34.0 Å². The molecule has 0 bridgehead atoms. The Morgan fingerprint density at radius 3 is 2.23 bits per heavy atom. The maximum Gasteiger partial charge on any atom is 0.261 e. The molecule has 0 aromatic heterocycles. The van der Waals surface area contributed by atoms with E-state index in [1.807, 2.05) is 44.3 Å². The molecule has 3 aromatic rings. The van der Waals surface area contributed by atoms with Crippen LogP contribution < -0.4 is 14.9 Å². The second-order valence-electron chi connectivity index (χ2n) is 7.12. The Bertz CT molecular complexity index is 1140. The van der Waals surface area contributed by atoms with E-state index in [9.17, 15) is 17.6 Å². The van der Waals surface area contributed by atoms with Crippen LogP contribution in [0.15, 0.2) is 83.8 Å². The van der Waals surface area contributed by atoms with Gasteiger partial charge in [-0.3, -0.25) is 9.52 Å². The number of halogens is 1. The van der Waals surface area contributed by atoms with Gasteiger partial charge in [0.05, 0.1) is 10.6 Å². The second-order valence-corrected chi connectivity index (χ2v) is 8.80. The second kappa shape index (κ2) is 9.61. The van der Waals surface area contributed by atoms with Gasteiger partial charge in [-0.05, 0) is 55.5 Å². The molecule has 0 aliphatic rings. The third-order valence-corrected chi connectivity index (χ3v) is 6.31. The standard InChI is InChI=1S/C23H24FN3O3S/c1-17(27(2)19-8-4-3-5-9-19)16-25-23(28)18-12-14-20(15-13-18)31(29,30)26-22-11-7-6-10-21(22)24/h3-15,17,26H,16H2,1-2H3,(H,25,28). The molecule has 8 heteroatoms. The zero-order valence-corrected chi connectivity index (χ0v) is 18.1. The largest absolute Gasteiger partial charge is 0.370 e. The van der Waals surface area contributed by atoms with E-state index in [0.717, 1.165) is 5.69 Å². The molecule has 1 unspecified atom stereocenters. The first-order valence-corrected chi connectivity index (χ1v) is 11.2. The molecule has 1 atom stereocenters. The zero-order valence-electron chi connectivity index (χ0n) is 17.2. The maximum absolute atomic E-state index is 13.7. The third kappa shape index (κ3) is 5.61. The average Bonchev–Trinajstić information content (AvgIpc) is 2.79. The van der Waals surface area contributed by atoms with Gasteiger partial charge < -0.3 is 10.2 Å². The number of nitrogens with zero attached hydrogens (tertiary/aromatic N) is 1. The Morgan fingerprint density at radius 2 is 1.58 bits per heavy atom. The monoisotopic (exact) mass is 441 g/mol. The Morgan fingerprint density at radius 1 is 0.968 bits per heavy atom. The predicted octanol–water partition coefficient (Wildman–Crippen LogP) is 3.88. The van der Waals surface area contributed by atoms with E-state index in [1.165, 1.54) is 48.5 Å². The van der Waals surface area contributed by atoms with Crippen LogP contribution in [-0.2, 0) is 10.0 Å². The number of para-hydroxylation sites is 2. The lowest BCUT2D eigenvalue weighted by molar-refractivity contribution is 0.0951. The molecule has 0 spiro atoms. The summed E-state index contributed by atoms with van der Waals surface area (Å²) in [6.07, 6.45) is 0. The summed E-state index contributed by atoms with van der Waals surface area (Å²) >= 11 is 0. The first-order valence-electron chi connectivity index (χ1n) is 9.71. The number of amides is 1. The van der Waals surface area contributed by atoms with E-state index in [4.69, 9.17) is 0 Å². The molecule has 0 aliphatic heterocycles. The van der Waals surface area contributed by atoms with Crippen LogP contribution in [0, 0.1) is 5.82 Å². The number of sulfonamides is 1. The molecule has 0 fully saturated rings. The number of rotatable bonds is 8. The van der Waals surface area contributed by atoms with Gasteiger partial charge >= 0.3 is 0 Å². The smallest absolute Gasteiger partial charge is 0.261 e. The molecule has 3 aromatic carbocycles. The van der Waals surface area contributed by atoms with Crippen molar-refractivity contribution in [3.8, 4) is 0 Å². The molecule has 3 rings (SSSR count). The number of benzene rings is 3. The minimum atomic E-state index is -3.97. The average molecular weight is 442 g/mol. The Balaban J connectivity index is 1.61. The molecular weight excluding hydrogens is 417 g/mol. The molecule has 1 amide bonds. The highest BCUT2D eigenvalue weighted by molar-refractivity contribution is 7.92. The first-order chi connectivity index (χ1) is 14.8. The molecule has 6 nitrogen and oxygen atoms in total. The summed E-state index contributed by atoms with van der Waals surface area (Å²) in [4.78, 5) is 14.5. The van der Waals surface area contributed by atoms with Gasteiger partial charge in [-0.25, -0.2) is 12.8 Å². The Labute approximate surface area is 181 Å². The van der Waals surface area contributed by atoms with Crippen molar-refractivity contribution < 1.29 is 17.6 Å². The fraction of sp³-hybridized carbons (Fsp3) is 0.174. The number of nitrogens with one attached hydrogen (secondary N) is 2. The van der Waals surface area contributed by atoms with Gasteiger partial charge in [0.1, 0.15) is 5.82 Å². The minimum absolute atomic E-state index is 0.0518. The van der Waals surface area contributed by atoms with Crippen molar-refractivity contribution in [2.75, 3.05) is 23.2 Å². The fourth-order valence-corrected chi connectivity index (χ4v) is 4.00. The highest BCUT2D eigenvalue weighted by atomic mass is 32.2. The lowest BCUT2D eigenvalue weighted by Gasteiger charge is -2.27. The SMILES string of the molecule is CC(CNC(=O)c1ccc(S(=O)(=O)Nc2ccccc2F)cc1)N(C)c1ccccc1. The van der Waals surface area contributed by atoms with E-state index in [-0.39, 0.29) is 22.5 Å². The van der Waals surface area contributed by atoms with Gasteiger partial charge in [-0.15, -0.1) is 0 Å². The van der Waals surface area contributed by atoms with Gasteiger partial charge in [-0.1, -0.05) is 30.3 Å². The van der Waals surface area contributed by atoms with Gasteiger partial charge in [0, 0.05) is 30.9 Å². The van der Waals surface area contributed by atoms with Gasteiger partial charge in [-0.2, -0.15) is 0 Å². The van der Waals surface area contributed by atoms with E-state index in [1.54, 1.807) is 0 Å². The molecule has 0 aliphatic carbocycles. The highest BCUT2D eigenvalue weighted by Crippen LogP contribution is 2.19. The van der Waals surface area contributed by atoms with Crippen molar-refractivity contribution >= 4 is 27.3 Å². The Kier molecular flexibility index (Phi) is 6.91. The number of carbonyl (C=O) groups excluding carboxylic acids is 1. The number of carbonyl (C=O) groups is 1. The molecule has 0 radical (unpaired) electrons. The van der Waals surface area contributed by atoms with Crippen molar-refractivity contribution in [1.82, 2.24) is 5.32 Å². The van der Waals surface area contributed by atoms with E-state index in [2.05, 4.69) is 14.9 Å². The predicted molar refractivity (Wildman–Crippen MR) is 120 cm³/mol. The number of anilines is 2. The van der Waals surface area contributed by atoms with Crippen LogP contribution in [0.5, 0.6) is 0 Å². The van der Waals surface area contributed by atoms with Crippen molar-refractivity contribution in [3.05, 3.63) is 90.2 Å². The first kappa shape index (κ1) is 22.3. The summed E-state index contributed by atoms with van der Waals surface area (Å²) in [5.74, 6) is -0.976. The van der Waals surface area contributed by atoms with E-state index in [0.29, 0.717) is 12.1 Å². The van der Waals surface area contributed by atoms with Crippen LogP contribution in [0.1, 0.15) is 17.3 Å². The summed E-state index contributed by atoms with van der Waals surface area (Å²) in [7, 11) is -2.02. The summed E-state index contributed by atoms with van der Waals surface area (Å²) in [6.45, 7) is 2.41. The van der Waals surface area contributed by atoms with Crippen LogP contribution in [0.2, 0.25) is 0 Å². The molecule has 0 saturated carbocycles. The van der Waals surface area contributed by atoms with Crippen LogP contribution in [0.3, 0.4) is 0 Å². The van der Waals surface area contributed by atoms with Gasteiger partial charge in [0.25, 0.3) is 15.9 Å². The van der Waals surface area contributed by atoms with Crippen LogP contribution in [0.25, 0.3) is 0 Å². The maximum atomic E-state index is 13.7. The fourth-order valence-electron chi connectivity index (χ4n) is 2.93. The number of hydrogen-bond donors (Lipinski definition) is 2.